The molecule has 0 bridgehead atoms. The molecule has 0 aromatic heterocycles. The fourth-order valence-corrected chi connectivity index (χ4v) is 0. The summed E-state index contributed by atoms with van der Waals surface area (Å²) in [5, 5.41) is 0. The zero-order valence-electron chi connectivity index (χ0n) is 4.01. The number of alkyl halides is 3. The number of hydrogen-bond donors (Lipinski definition) is 2. The van der Waals surface area contributed by atoms with Crippen molar-refractivity contribution in [3.63, 3.8) is 0 Å². The van der Waals surface area contributed by atoms with E-state index in [4.69, 9.17) is 39.4 Å². The van der Waals surface area contributed by atoms with Crippen LogP contribution in [0.1, 0.15) is 0 Å². The van der Waals surface area contributed by atoms with Gasteiger partial charge in [0.25, 0.3) is 0 Å². The Bertz CT molecular complexity index is 168. The van der Waals surface area contributed by atoms with Gasteiger partial charge in [0.05, 0.1) is 0 Å². The third-order valence-corrected chi connectivity index (χ3v) is 2.63. The molecule has 4 N–H and O–H groups in total. The van der Waals surface area contributed by atoms with Crippen LogP contribution in [-0.4, -0.2) is 16.1 Å². The molecule has 0 rings (SSSR count). The molecule has 4 nitrogen and oxygen atoms in total. The summed E-state index contributed by atoms with van der Waals surface area (Å²) >= 11 is 14.1. The first-order valence-corrected chi connectivity index (χ1v) is 3.86. The second-order valence-corrected chi connectivity index (χ2v) is 5.44. The van der Waals surface area contributed by atoms with Gasteiger partial charge < -0.3 is 6.15 Å². The van der Waals surface area contributed by atoms with E-state index in [9.17, 15) is 8.42 Å². The molecule has 0 aliphatic heterocycles. The molecular formula is CH4Cl3NO3S. The molecule has 0 aromatic carbocycles. The van der Waals surface area contributed by atoms with E-state index in [-0.39, 0.29) is 6.15 Å². The SMILES string of the molecule is N.O=S(=O)(O)C(Cl)(Cl)Cl. The maximum Gasteiger partial charge on any atom is 0.317 e. The molecule has 0 saturated heterocycles. The maximum absolute atomic E-state index is 9.81. The maximum atomic E-state index is 9.81. The molecule has 0 aromatic rings. The summed E-state index contributed by atoms with van der Waals surface area (Å²) in [7, 11) is -4.54. The molecule has 0 atom stereocenters. The highest BCUT2D eigenvalue weighted by molar-refractivity contribution is 7.92. The van der Waals surface area contributed by atoms with Gasteiger partial charge in [0.1, 0.15) is 0 Å². The molecule has 0 aliphatic carbocycles. The van der Waals surface area contributed by atoms with E-state index >= 15 is 0 Å². The molecule has 8 heteroatoms. The number of rotatable bonds is 0. The highest BCUT2D eigenvalue weighted by Crippen LogP contribution is 2.31. The molecule has 9 heavy (non-hydrogen) atoms. The van der Waals surface area contributed by atoms with Crippen LogP contribution in [0.5, 0.6) is 0 Å². The van der Waals surface area contributed by atoms with Crippen LogP contribution in [-0.2, 0) is 10.1 Å². The van der Waals surface area contributed by atoms with Gasteiger partial charge in [-0.25, -0.2) is 0 Å². The van der Waals surface area contributed by atoms with Gasteiger partial charge in [-0.15, -0.1) is 0 Å². The zero-order chi connectivity index (χ0) is 7.00. The Morgan fingerprint density at radius 1 is 1.22 bits per heavy atom. The van der Waals surface area contributed by atoms with E-state index < -0.39 is 13.2 Å². The molecular weight excluding hydrogens is 212 g/mol. The predicted octanol–water partition coefficient (Wildman–Crippen LogP) is 1.36. The Kier molecular flexibility index (Phi) is 4.45. The Balaban J connectivity index is 0. The van der Waals surface area contributed by atoms with Gasteiger partial charge in [-0.2, -0.15) is 8.42 Å². The van der Waals surface area contributed by atoms with E-state index in [1.54, 1.807) is 0 Å². The predicted molar refractivity (Wildman–Crippen MR) is 36.9 cm³/mol. The average molecular weight is 216 g/mol. The molecule has 0 aliphatic rings. The third-order valence-electron chi connectivity index (χ3n) is 0.292. The Morgan fingerprint density at radius 3 is 1.33 bits per heavy atom. The van der Waals surface area contributed by atoms with Crippen LogP contribution in [0.25, 0.3) is 0 Å². The first kappa shape index (κ1) is 12.4. The summed E-state index contributed by atoms with van der Waals surface area (Å²) in [4.78, 5) is 0. The summed E-state index contributed by atoms with van der Waals surface area (Å²) in [6.45, 7) is 0. The highest BCUT2D eigenvalue weighted by atomic mass is 35.6. The lowest BCUT2D eigenvalue weighted by molar-refractivity contribution is 0.483. The minimum Gasteiger partial charge on any atom is -0.344 e. The van der Waals surface area contributed by atoms with E-state index in [2.05, 4.69) is 0 Å². The molecule has 0 fully saturated rings. The Labute approximate surface area is 67.4 Å². The topological polar surface area (TPSA) is 89.4 Å². The fraction of sp³-hybridized carbons (Fsp3) is 1.00. The third kappa shape index (κ3) is 4.19. The summed E-state index contributed by atoms with van der Waals surface area (Å²) in [5.41, 5.74) is 0. The minimum atomic E-state index is -4.54. The quantitative estimate of drug-likeness (QED) is 0.473. The molecule has 0 saturated carbocycles. The van der Waals surface area contributed by atoms with Gasteiger partial charge in [0.2, 0.25) is 0 Å². The first-order chi connectivity index (χ1) is 3.25. The van der Waals surface area contributed by atoms with Crippen molar-refractivity contribution in [3.05, 3.63) is 0 Å². The van der Waals surface area contributed by atoms with E-state index in [0.717, 1.165) is 0 Å². The van der Waals surface area contributed by atoms with E-state index in [1.807, 2.05) is 0 Å². The standard InChI is InChI=1S/CHCl3O3S.H3N/c2-1(3,4)8(5,6)7;/h(H,5,6,7);1H3. The molecule has 0 amide bonds. The molecule has 58 valence electrons. The van der Waals surface area contributed by atoms with Crippen molar-refractivity contribution in [3.8, 4) is 0 Å². The lowest BCUT2D eigenvalue weighted by Crippen LogP contribution is -2.17. The zero-order valence-corrected chi connectivity index (χ0v) is 7.10. The van der Waals surface area contributed by atoms with Gasteiger partial charge in [-0.3, -0.25) is 4.55 Å². The van der Waals surface area contributed by atoms with Gasteiger partial charge in [0, 0.05) is 0 Å². The number of halogens is 3. The highest BCUT2D eigenvalue weighted by Gasteiger charge is 2.35. The average Bonchev–Trinajstić information content (AvgIpc) is 1.25. The van der Waals surface area contributed by atoms with Gasteiger partial charge in [0.15, 0.2) is 0 Å². The summed E-state index contributed by atoms with van der Waals surface area (Å²) in [5.74, 6) is 0. The smallest absolute Gasteiger partial charge is 0.317 e. The van der Waals surface area contributed by atoms with Crippen molar-refractivity contribution in [1.29, 1.82) is 0 Å². The molecule has 0 heterocycles. The van der Waals surface area contributed by atoms with Crippen molar-refractivity contribution in [2.75, 3.05) is 0 Å². The van der Waals surface area contributed by atoms with Crippen LogP contribution < -0.4 is 6.15 Å². The second kappa shape index (κ2) is 3.23. The fourth-order valence-electron chi connectivity index (χ4n) is 0. The monoisotopic (exact) mass is 215 g/mol. The molecule has 0 unspecified atom stereocenters. The van der Waals surface area contributed by atoms with Crippen LogP contribution in [0.15, 0.2) is 0 Å². The Morgan fingerprint density at radius 2 is 1.33 bits per heavy atom. The van der Waals surface area contributed by atoms with Crippen molar-refractivity contribution in [1.82, 2.24) is 6.15 Å². The molecule has 0 radical (unpaired) electrons. The van der Waals surface area contributed by atoms with E-state index in [0.29, 0.717) is 0 Å². The van der Waals surface area contributed by atoms with Crippen LogP contribution >= 0.6 is 34.8 Å². The second-order valence-electron chi connectivity index (χ2n) is 0.921. The van der Waals surface area contributed by atoms with Crippen LogP contribution in [0, 0.1) is 0 Å². The van der Waals surface area contributed by atoms with Crippen molar-refractivity contribution in [2.45, 2.75) is 3.12 Å². The minimum absolute atomic E-state index is 0. The first-order valence-electron chi connectivity index (χ1n) is 1.29. The van der Waals surface area contributed by atoms with Gasteiger partial charge in [-0.1, -0.05) is 34.8 Å². The van der Waals surface area contributed by atoms with Crippen LogP contribution in [0.2, 0.25) is 0 Å². The van der Waals surface area contributed by atoms with Gasteiger partial charge >= 0.3 is 13.2 Å². The lowest BCUT2D eigenvalue weighted by Gasteiger charge is -2.03. The largest absolute Gasteiger partial charge is 0.344 e. The van der Waals surface area contributed by atoms with Crippen molar-refractivity contribution >= 4 is 44.9 Å². The summed E-state index contributed by atoms with van der Waals surface area (Å²) in [6.07, 6.45) is 0. The summed E-state index contributed by atoms with van der Waals surface area (Å²) < 4.78 is 24.9. The Hall–Kier alpha value is 0.740. The van der Waals surface area contributed by atoms with Crippen LogP contribution in [0.4, 0.5) is 0 Å². The van der Waals surface area contributed by atoms with Crippen LogP contribution in [0.3, 0.4) is 0 Å². The number of hydrogen-bond acceptors (Lipinski definition) is 3. The van der Waals surface area contributed by atoms with Crippen molar-refractivity contribution < 1.29 is 13.0 Å². The molecule has 0 spiro atoms. The normalized spacial score (nSPS) is 12.4. The van der Waals surface area contributed by atoms with Crippen molar-refractivity contribution in [2.24, 2.45) is 0 Å². The summed E-state index contributed by atoms with van der Waals surface area (Å²) in [6, 6.07) is 0. The lowest BCUT2D eigenvalue weighted by atomic mass is 11.8. The van der Waals surface area contributed by atoms with Gasteiger partial charge in [-0.05, 0) is 0 Å². The van der Waals surface area contributed by atoms with E-state index in [1.165, 1.54) is 0 Å².